The Morgan fingerprint density at radius 1 is 1.46 bits per heavy atom. The van der Waals surface area contributed by atoms with Crippen molar-refractivity contribution >= 4 is 23.4 Å². The Hall–Kier alpha value is -1.20. The van der Waals surface area contributed by atoms with Crippen molar-refractivity contribution in [1.82, 2.24) is 4.90 Å². The lowest BCUT2D eigenvalue weighted by Crippen LogP contribution is -2.39. The minimum Gasteiger partial charge on any atom is -0.381 e. The van der Waals surface area contributed by atoms with Crippen molar-refractivity contribution in [1.29, 1.82) is 0 Å². The standard InChI is InChI=1S/C19H29N3OS/c1-13(2)18-10-16(12-24-18)21-15-6-3-5-14(9-15)11-22-8-4-7-17(22)19(20)23/h3,5-6,9,13,16-18,21H,4,7-8,10-12H2,1-2H3,(H2,20,23). The number of benzene rings is 1. The Labute approximate surface area is 149 Å². The van der Waals surface area contributed by atoms with E-state index < -0.39 is 0 Å². The summed E-state index contributed by atoms with van der Waals surface area (Å²) < 4.78 is 0. The highest BCUT2D eigenvalue weighted by Gasteiger charge is 2.29. The summed E-state index contributed by atoms with van der Waals surface area (Å²) >= 11 is 2.09. The van der Waals surface area contributed by atoms with E-state index in [1.807, 2.05) is 0 Å². The summed E-state index contributed by atoms with van der Waals surface area (Å²) in [5.41, 5.74) is 7.96. The van der Waals surface area contributed by atoms with Gasteiger partial charge >= 0.3 is 0 Å². The Bertz CT molecular complexity index is 577. The van der Waals surface area contributed by atoms with Crippen LogP contribution in [-0.2, 0) is 11.3 Å². The van der Waals surface area contributed by atoms with Crippen LogP contribution in [0, 0.1) is 5.92 Å². The van der Waals surface area contributed by atoms with Crippen molar-refractivity contribution in [2.24, 2.45) is 11.7 Å². The molecular formula is C19H29N3OS. The van der Waals surface area contributed by atoms with Gasteiger partial charge in [0.05, 0.1) is 6.04 Å². The molecule has 2 saturated heterocycles. The highest BCUT2D eigenvalue weighted by molar-refractivity contribution is 8.00. The first-order chi connectivity index (χ1) is 11.5. The van der Waals surface area contributed by atoms with Gasteiger partial charge in [-0.05, 0) is 49.4 Å². The first-order valence-electron chi connectivity index (χ1n) is 9.03. The Kier molecular flexibility index (Phi) is 5.72. The lowest BCUT2D eigenvalue weighted by Gasteiger charge is -2.22. The van der Waals surface area contributed by atoms with Gasteiger partial charge in [0.25, 0.3) is 0 Å². The van der Waals surface area contributed by atoms with Crippen LogP contribution in [0.3, 0.4) is 0 Å². The fraction of sp³-hybridized carbons (Fsp3) is 0.632. The molecule has 3 unspecified atom stereocenters. The number of carbonyl (C=O) groups is 1. The van der Waals surface area contributed by atoms with Crippen LogP contribution in [0.2, 0.25) is 0 Å². The maximum atomic E-state index is 11.6. The predicted molar refractivity (Wildman–Crippen MR) is 102 cm³/mol. The van der Waals surface area contributed by atoms with E-state index in [9.17, 15) is 4.79 Å². The van der Waals surface area contributed by atoms with E-state index in [0.717, 1.165) is 37.1 Å². The molecule has 0 saturated carbocycles. The summed E-state index contributed by atoms with van der Waals surface area (Å²) in [5.74, 6) is 1.74. The van der Waals surface area contributed by atoms with E-state index in [1.54, 1.807) is 0 Å². The quantitative estimate of drug-likeness (QED) is 0.830. The van der Waals surface area contributed by atoms with Gasteiger partial charge in [0.1, 0.15) is 0 Å². The first-order valence-corrected chi connectivity index (χ1v) is 10.1. The van der Waals surface area contributed by atoms with Gasteiger partial charge in [-0.1, -0.05) is 26.0 Å². The number of nitrogens with one attached hydrogen (secondary N) is 1. The molecule has 1 amide bonds. The van der Waals surface area contributed by atoms with E-state index in [4.69, 9.17) is 5.73 Å². The Morgan fingerprint density at radius 3 is 3.00 bits per heavy atom. The number of carbonyl (C=O) groups excluding carboxylic acids is 1. The number of hydrogen-bond donors (Lipinski definition) is 2. The van der Waals surface area contributed by atoms with Crippen molar-refractivity contribution < 1.29 is 4.79 Å². The zero-order valence-electron chi connectivity index (χ0n) is 14.7. The van der Waals surface area contributed by atoms with Crippen LogP contribution in [0.15, 0.2) is 24.3 Å². The van der Waals surface area contributed by atoms with Crippen molar-refractivity contribution in [2.75, 3.05) is 17.6 Å². The summed E-state index contributed by atoms with van der Waals surface area (Å²) in [5, 5.41) is 4.46. The molecule has 0 bridgehead atoms. The molecule has 2 fully saturated rings. The topological polar surface area (TPSA) is 58.4 Å². The fourth-order valence-electron chi connectivity index (χ4n) is 3.79. The largest absolute Gasteiger partial charge is 0.381 e. The van der Waals surface area contributed by atoms with Crippen LogP contribution < -0.4 is 11.1 Å². The molecule has 2 aliphatic rings. The zero-order chi connectivity index (χ0) is 17.1. The van der Waals surface area contributed by atoms with Gasteiger partial charge in [-0.3, -0.25) is 9.69 Å². The van der Waals surface area contributed by atoms with Gasteiger partial charge < -0.3 is 11.1 Å². The fourth-order valence-corrected chi connectivity index (χ4v) is 5.24. The van der Waals surface area contributed by atoms with Gasteiger partial charge in [-0.15, -0.1) is 0 Å². The summed E-state index contributed by atoms with van der Waals surface area (Å²) in [6, 6.07) is 9.08. The minimum atomic E-state index is -0.190. The van der Waals surface area contributed by atoms with Crippen LogP contribution >= 0.6 is 11.8 Å². The minimum absolute atomic E-state index is 0.0975. The number of nitrogens with zero attached hydrogens (tertiary/aromatic N) is 1. The molecule has 0 radical (unpaired) electrons. The molecule has 4 nitrogen and oxygen atoms in total. The van der Waals surface area contributed by atoms with Crippen molar-refractivity contribution in [2.45, 2.75) is 57.0 Å². The lowest BCUT2D eigenvalue weighted by atomic mass is 10.0. The van der Waals surface area contributed by atoms with Crippen LogP contribution in [0.5, 0.6) is 0 Å². The number of primary amides is 1. The number of rotatable bonds is 6. The molecule has 0 aliphatic carbocycles. The van der Waals surface area contributed by atoms with Gasteiger partial charge in [-0.25, -0.2) is 0 Å². The summed E-state index contributed by atoms with van der Waals surface area (Å²) in [7, 11) is 0. The van der Waals surface area contributed by atoms with Crippen LogP contribution in [0.1, 0.15) is 38.7 Å². The molecule has 2 aliphatic heterocycles. The average Bonchev–Trinajstić information content (AvgIpc) is 3.17. The monoisotopic (exact) mass is 347 g/mol. The second-order valence-corrected chi connectivity index (χ2v) is 8.70. The van der Waals surface area contributed by atoms with Crippen LogP contribution in [0.4, 0.5) is 5.69 Å². The second kappa shape index (κ2) is 7.79. The molecule has 1 aromatic carbocycles. The molecule has 24 heavy (non-hydrogen) atoms. The SMILES string of the molecule is CC(C)C1CC(Nc2cccc(CN3CCCC3C(N)=O)c2)CS1. The van der Waals surface area contributed by atoms with Gasteiger partial charge in [0.15, 0.2) is 0 Å². The predicted octanol–water partition coefficient (Wildman–Crippen LogP) is 3.08. The average molecular weight is 348 g/mol. The maximum Gasteiger partial charge on any atom is 0.234 e. The molecule has 0 aromatic heterocycles. The first kappa shape index (κ1) is 17.6. The molecule has 5 heteroatoms. The molecule has 0 spiro atoms. The number of thioether (sulfide) groups is 1. The van der Waals surface area contributed by atoms with E-state index in [-0.39, 0.29) is 11.9 Å². The maximum absolute atomic E-state index is 11.6. The number of hydrogen-bond acceptors (Lipinski definition) is 4. The van der Waals surface area contributed by atoms with Gasteiger partial charge in [-0.2, -0.15) is 11.8 Å². The molecule has 3 N–H and O–H groups in total. The smallest absolute Gasteiger partial charge is 0.234 e. The van der Waals surface area contributed by atoms with Gasteiger partial charge in [0.2, 0.25) is 5.91 Å². The number of anilines is 1. The Balaban J connectivity index is 1.59. The van der Waals surface area contributed by atoms with E-state index in [1.165, 1.54) is 23.4 Å². The number of likely N-dealkylation sites (tertiary alicyclic amines) is 1. The summed E-state index contributed by atoms with van der Waals surface area (Å²) in [6.45, 7) is 6.38. The van der Waals surface area contributed by atoms with Gasteiger partial charge in [0, 0.05) is 29.3 Å². The third-order valence-corrected chi connectivity index (χ3v) is 6.91. The molecule has 3 atom stereocenters. The lowest BCUT2D eigenvalue weighted by molar-refractivity contribution is -0.122. The zero-order valence-corrected chi connectivity index (χ0v) is 15.5. The van der Waals surface area contributed by atoms with E-state index in [2.05, 4.69) is 60.1 Å². The summed E-state index contributed by atoms with van der Waals surface area (Å²) in [6.07, 6.45) is 3.19. The third-order valence-electron chi connectivity index (χ3n) is 5.15. The van der Waals surface area contributed by atoms with Crippen molar-refractivity contribution in [3.05, 3.63) is 29.8 Å². The third kappa shape index (κ3) is 4.25. The highest BCUT2D eigenvalue weighted by atomic mass is 32.2. The molecular weight excluding hydrogens is 318 g/mol. The second-order valence-electron chi connectivity index (χ2n) is 7.42. The van der Waals surface area contributed by atoms with E-state index in [0.29, 0.717) is 6.04 Å². The highest BCUT2D eigenvalue weighted by Crippen LogP contribution is 2.33. The molecule has 132 valence electrons. The number of nitrogens with two attached hydrogens (primary N) is 1. The van der Waals surface area contributed by atoms with Crippen molar-refractivity contribution in [3.8, 4) is 0 Å². The number of amides is 1. The van der Waals surface area contributed by atoms with Crippen LogP contribution in [-0.4, -0.2) is 40.4 Å². The Morgan fingerprint density at radius 2 is 2.29 bits per heavy atom. The molecule has 3 rings (SSSR count). The summed E-state index contributed by atoms with van der Waals surface area (Å²) in [4.78, 5) is 13.8. The normalized spacial score (nSPS) is 27.7. The molecule has 1 aromatic rings. The van der Waals surface area contributed by atoms with E-state index >= 15 is 0 Å². The van der Waals surface area contributed by atoms with Crippen LogP contribution in [0.25, 0.3) is 0 Å². The molecule has 2 heterocycles. The van der Waals surface area contributed by atoms with Crippen molar-refractivity contribution in [3.63, 3.8) is 0 Å².